The normalized spacial score (nSPS) is 15.3. The van der Waals surface area contributed by atoms with Crippen molar-refractivity contribution in [3.63, 3.8) is 0 Å². The van der Waals surface area contributed by atoms with Gasteiger partial charge in [0, 0.05) is 36.1 Å². The van der Waals surface area contributed by atoms with Crippen LogP contribution in [0.5, 0.6) is 0 Å². The van der Waals surface area contributed by atoms with Gasteiger partial charge in [0.2, 0.25) is 11.8 Å². The molecule has 33 heavy (non-hydrogen) atoms. The predicted molar refractivity (Wildman–Crippen MR) is 123 cm³/mol. The van der Waals surface area contributed by atoms with Crippen molar-refractivity contribution in [2.45, 2.75) is 13.3 Å². The Labute approximate surface area is 190 Å². The number of benzene rings is 2. The number of carbonyl (C=O) groups is 3. The summed E-state index contributed by atoms with van der Waals surface area (Å²) in [5, 5.41) is 6.04. The van der Waals surface area contributed by atoms with Crippen molar-refractivity contribution in [3.8, 4) is 0 Å². The number of aryl methyl sites for hydroxylation is 1. The molecule has 0 aliphatic carbocycles. The summed E-state index contributed by atoms with van der Waals surface area (Å²) in [6, 6.07) is 15.7. The molecule has 1 aliphatic rings. The van der Waals surface area contributed by atoms with Crippen LogP contribution in [0.2, 0.25) is 0 Å². The average Bonchev–Trinajstić information content (AvgIpc) is 3.21. The van der Waals surface area contributed by atoms with Gasteiger partial charge in [0.25, 0.3) is 0 Å². The number of anilines is 4. The van der Waals surface area contributed by atoms with E-state index >= 15 is 0 Å². The Balaban J connectivity index is 1.40. The maximum absolute atomic E-state index is 12.8. The topological polar surface area (TPSA) is 114 Å². The molecular formula is C24H23N5O4. The largest absolute Gasteiger partial charge is 0.465 e. The van der Waals surface area contributed by atoms with E-state index in [9.17, 15) is 14.4 Å². The van der Waals surface area contributed by atoms with Crippen LogP contribution >= 0.6 is 0 Å². The molecule has 1 unspecified atom stereocenters. The Morgan fingerprint density at radius 2 is 1.79 bits per heavy atom. The minimum Gasteiger partial charge on any atom is -0.465 e. The van der Waals surface area contributed by atoms with Crippen LogP contribution in [-0.4, -0.2) is 41.4 Å². The Morgan fingerprint density at radius 1 is 1.06 bits per heavy atom. The third kappa shape index (κ3) is 4.98. The monoisotopic (exact) mass is 445 g/mol. The van der Waals surface area contributed by atoms with Crippen molar-refractivity contribution in [2.24, 2.45) is 5.92 Å². The molecule has 3 aromatic rings. The smallest absolute Gasteiger partial charge is 0.339 e. The first kappa shape index (κ1) is 21.9. The van der Waals surface area contributed by atoms with E-state index in [2.05, 4.69) is 20.6 Å². The fourth-order valence-electron chi connectivity index (χ4n) is 3.66. The molecule has 2 aromatic carbocycles. The van der Waals surface area contributed by atoms with Gasteiger partial charge in [-0.1, -0.05) is 12.1 Å². The summed E-state index contributed by atoms with van der Waals surface area (Å²) >= 11 is 0. The number of hydrogen-bond donors (Lipinski definition) is 2. The Hall–Kier alpha value is -4.27. The second kappa shape index (κ2) is 9.47. The number of nitrogens with zero attached hydrogens (tertiary/aromatic N) is 3. The first-order valence-electron chi connectivity index (χ1n) is 10.4. The number of hydrogen-bond acceptors (Lipinski definition) is 7. The molecule has 1 atom stereocenters. The number of esters is 1. The van der Waals surface area contributed by atoms with Crippen molar-refractivity contribution < 1.29 is 19.1 Å². The first-order chi connectivity index (χ1) is 15.9. The summed E-state index contributed by atoms with van der Waals surface area (Å²) < 4.78 is 4.81. The summed E-state index contributed by atoms with van der Waals surface area (Å²) in [5.41, 5.74) is 3.01. The number of carbonyl (C=O) groups excluding carboxylic acids is 3. The second-order valence-electron chi connectivity index (χ2n) is 7.65. The maximum Gasteiger partial charge on any atom is 0.339 e. The SMILES string of the molecule is COC(=O)c1ccccc1N1CC(C(=O)Nc2ccc(Nc3cc(C)ncn3)cc2)CC1=O. The lowest BCUT2D eigenvalue weighted by Crippen LogP contribution is -2.29. The molecule has 2 N–H and O–H groups in total. The van der Waals surface area contributed by atoms with Gasteiger partial charge >= 0.3 is 5.97 Å². The van der Waals surface area contributed by atoms with E-state index in [-0.39, 0.29) is 30.3 Å². The molecule has 168 valence electrons. The molecular weight excluding hydrogens is 422 g/mol. The Kier molecular flexibility index (Phi) is 6.30. The molecule has 2 amide bonds. The standard InChI is InChI=1S/C24H23N5O4/c1-15-11-21(26-14-25-15)27-17-7-9-18(10-8-17)28-23(31)16-12-22(30)29(13-16)20-6-4-3-5-19(20)24(32)33-2/h3-11,14,16H,12-13H2,1-2H3,(H,28,31)(H,25,26,27). The zero-order chi connectivity index (χ0) is 23.4. The van der Waals surface area contributed by atoms with Gasteiger partial charge in [-0.3, -0.25) is 9.59 Å². The molecule has 4 rings (SSSR count). The van der Waals surface area contributed by atoms with Crippen LogP contribution in [0.15, 0.2) is 60.9 Å². The highest BCUT2D eigenvalue weighted by Gasteiger charge is 2.36. The van der Waals surface area contributed by atoms with Gasteiger partial charge in [-0.15, -0.1) is 0 Å². The quantitative estimate of drug-likeness (QED) is 0.560. The highest BCUT2D eigenvalue weighted by Crippen LogP contribution is 2.29. The summed E-state index contributed by atoms with van der Waals surface area (Å²) in [6.45, 7) is 2.07. The van der Waals surface area contributed by atoms with Gasteiger partial charge in [0.15, 0.2) is 0 Å². The highest BCUT2D eigenvalue weighted by molar-refractivity contribution is 6.07. The lowest BCUT2D eigenvalue weighted by atomic mass is 10.1. The van der Waals surface area contributed by atoms with Crippen molar-refractivity contribution in [1.29, 1.82) is 0 Å². The number of amides is 2. The third-order valence-electron chi connectivity index (χ3n) is 5.32. The Morgan fingerprint density at radius 3 is 2.52 bits per heavy atom. The molecule has 1 aromatic heterocycles. The van der Waals surface area contributed by atoms with E-state index in [1.807, 2.05) is 25.1 Å². The molecule has 0 radical (unpaired) electrons. The molecule has 9 nitrogen and oxygen atoms in total. The van der Waals surface area contributed by atoms with Crippen molar-refractivity contribution in [3.05, 3.63) is 72.2 Å². The summed E-state index contributed by atoms with van der Waals surface area (Å²) in [5.74, 6) is -0.863. The second-order valence-corrected chi connectivity index (χ2v) is 7.65. The highest BCUT2D eigenvalue weighted by atomic mass is 16.5. The van der Waals surface area contributed by atoms with Crippen molar-refractivity contribution in [2.75, 3.05) is 29.2 Å². The molecule has 2 heterocycles. The number of rotatable bonds is 6. The van der Waals surface area contributed by atoms with Gasteiger partial charge in [-0.2, -0.15) is 0 Å². The fourth-order valence-corrected chi connectivity index (χ4v) is 3.66. The zero-order valence-electron chi connectivity index (χ0n) is 18.2. The molecule has 1 saturated heterocycles. The lowest BCUT2D eigenvalue weighted by Gasteiger charge is -2.19. The van der Waals surface area contributed by atoms with Crippen LogP contribution < -0.4 is 15.5 Å². The van der Waals surface area contributed by atoms with Crippen LogP contribution in [0.1, 0.15) is 22.5 Å². The van der Waals surface area contributed by atoms with Crippen LogP contribution in [0, 0.1) is 12.8 Å². The van der Waals surface area contributed by atoms with Crippen LogP contribution in [-0.2, 0) is 14.3 Å². The number of para-hydroxylation sites is 1. The first-order valence-corrected chi connectivity index (χ1v) is 10.4. The van der Waals surface area contributed by atoms with Crippen LogP contribution in [0.3, 0.4) is 0 Å². The molecule has 0 spiro atoms. The number of nitrogens with one attached hydrogen (secondary N) is 2. The van der Waals surface area contributed by atoms with E-state index in [0.717, 1.165) is 11.4 Å². The molecule has 0 bridgehead atoms. The average molecular weight is 445 g/mol. The molecule has 1 fully saturated rings. The van der Waals surface area contributed by atoms with Crippen LogP contribution in [0.4, 0.5) is 22.9 Å². The van der Waals surface area contributed by atoms with Gasteiger partial charge < -0.3 is 20.3 Å². The van der Waals surface area contributed by atoms with Gasteiger partial charge in [-0.05, 0) is 43.3 Å². The number of aromatic nitrogens is 2. The Bertz CT molecular complexity index is 1200. The minimum atomic E-state index is -0.537. The predicted octanol–water partition coefficient (Wildman–Crippen LogP) is 3.31. The van der Waals surface area contributed by atoms with E-state index in [1.165, 1.54) is 18.3 Å². The molecule has 1 aliphatic heterocycles. The van der Waals surface area contributed by atoms with Crippen LogP contribution in [0.25, 0.3) is 0 Å². The van der Waals surface area contributed by atoms with Gasteiger partial charge in [0.05, 0.1) is 24.3 Å². The van der Waals surface area contributed by atoms with E-state index in [1.54, 1.807) is 36.4 Å². The summed E-state index contributed by atoms with van der Waals surface area (Å²) in [4.78, 5) is 47.2. The lowest BCUT2D eigenvalue weighted by molar-refractivity contribution is -0.122. The van der Waals surface area contributed by atoms with E-state index in [0.29, 0.717) is 17.2 Å². The summed E-state index contributed by atoms with van der Waals surface area (Å²) in [6.07, 6.45) is 1.55. The van der Waals surface area contributed by atoms with E-state index in [4.69, 9.17) is 4.74 Å². The minimum absolute atomic E-state index is 0.0635. The van der Waals surface area contributed by atoms with Gasteiger partial charge in [-0.25, -0.2) is 14.8 Å². The van der Waals surface area contributed by atoms with Gasteiger partial charge in [0.1, 0.15) is 12.1 Å². The van der Waals surface area contributed by atoms with Crippen molar-refractivity contribution >= 4 is 40.7 Å². The fraction of sp³-hybridized carbons (Fsp3) is 0.208. The molecule has 9 heteroatoms. The van der Waals surface area contributed by atoms with E-state index < -0.39 is 11.9 Å². The maximum atomic E-state index is 12.8. The zero-order valence-corrected chi connectivity index (χ0v) is 18.2. The number of methoxy groups -OCH3 is 1. The molecule has 0 saturated carbocycles. The number of ether oxygens (including phenoxy) is 1. The summed E-state index contributed by atoms with van der Waals surface area (Å²) in [7, 11) is 1.29. The third-order valence-corrected chi connectivity index (χ3v) is 5.32. The van der Waals surface area contributed by atoms with Crippen molar-refractivity contribution in [1.82, 2.24) is 9.97 Å².